The lowest BCUT2D eigenvalue weighted by atomic mass is 9.95. The Morgan fingerprint density at radius 3 is 2.57 bits per heavy atom. The average molecular weight is 314 g/mol. The molecule has 2 aliphatic carbocycles. The fourth-order valence-corrected chi connectivity index (χ4v) is 4.80. The Hall–Kier alpha value is -1.55. The van der Waals surface area contributed by atoms with Gasteiger partial charge < -0.3 is 15.1 Å². The number of quaternary nitrogens is 1. The average Bonchev–Trinajstić information content (AvgIpc) is 3.19. The number of carbonyl (C=O) groups excluding carboxylic acids is 1. The summed E-state index contributed by atoms with van der Waals surface area (Å²) in [5.41, 5.74) is 1.30. The lowest BCUT2D eigenvalue weighted by Gasteiger charge is -2.33. The van der Waals surface area contributed by atoms with Gasteiger partial charge in [0.1, 0.15) is 0 Å². The predicted octanol–water partition coefficient (Wildman–Crippen LogP) is 0.696. The van der Waals surface area contributed by atoms with E-state index in [2.05, 4.69) is 40.5 Å². The third-order valence-electron chi connectivity index (χ3n) is 6.09. The van der Waals surface area contributed by atoms with E-state index in [4.69, 9.17) is 0 Å². The molecule has 2 N–H and O–H groups in total. The number of hydrogen-bond donors (Lipinski definition) is 2. The summed E-state index contributed by atoms with van der Waals surface area (Å²) in [5, 5.41) is 3.33. The van der Waals surface area contributed by atoms with Crippen LogP contribution in [0.15, 0.2) is 30.3 Å². The molecule has 1 heterocycles. The number of amides is 1. The summed E-state index contributed by atoms with van der Waals surface area (Å²) >= 11 is 0. The van der Waals surface area contributed by atoms with Crippen LogP contribution in [0.4, 0.5) is 5.69 Å². The molecule has 1 aromatic rings. The molecule has 2 bridgehead atoms. The summed E-state index contributed by atoms with van der Waals surface area (Å²) in [6.07, 6.45) is 5.31. The first-order valence-corrected chi connectivity index (χ1v) is 9.21. The van der Waals surface area contributed by atoms with Crippen LogP contribution in [0.3, 0.4) is 0 Å². The summed E-state index contributed by atoms with van der Waals surface area (Å²) in [6.45, 7) is 4.84. The van der Waals surface area contributed by atoms with Crippen LogP contribution >= 0.6 is 0 Å². The molecule has 3 atom stereocenters. The number of anilines is 1. The van der Waals surface area contributed by atoms with Crippen molar-refractivity contribution in [2.45, 2.75) is 31.7 Å². The number of fused-ring (bicyclic) bond motifs is 2. The molecule has 4 heteroatoms. The van der Waals surface area contributed by atoms with Crippen LogP contribution in [0, 0.1) is 11.8 Å². The maximum absolute atomic E-state index is 12.3. The minimum absolute atomic E-state index is 0.269. The predicted molar refractivity (Wildman–Crippen MR) is 91.6 cm³/mol. The summed E-state index contributed by atoms with van der Waals surface area (Å²) < 4.78 is 0. The van der Waals surface area contributed by atoms with Crippen molar-refractivity contribution in [3.63, 3.8) is 0 Å². The molecule has 0 unspecified atom stereocenters. The van der Waals surface area contributed by atoms with Crippen molar-refractivity contribution in [3.05, 3.63) is 30.3 Å². The highest BCUT2D eigenvalue weighted by Gasteiger charge is 2.40. The minimum atomic E-state index is 0.269. The van der Waals surface area contributed by atoms with Gasteiger partial charge in [-0.25, -0.2) is 0 Å². The standard InChI is InChI=1S/C19H27N3O/c23-19(20-18-13-15-6-7-16(18)12-15)14-21-8-10-22(11-9-21)17-4-2-1-3-5-17/h1-5,15-16,18H,6-14H2,(H,20,23)/p+1/t15-,16+,18+/m1/s1. The lowest BCUT2D eigenvalue weighted by Crippen LogP contribution is -3.16. The van der Waals surface area contributed by atoms with E-state index in [0.29, 0.717) is 12.6 Å². The first-order chi connectivity index (χ1) is 11.3. The van der Waals surface area contributed by atoms with Gasteiger partial charge in [0.15, 0.2) is 6.54 Å². The van der Waals surface area contributed by atoms with Gasteiger partial charge in [-0.15, -0.1) is 0 Å². The Balaban J connectivity index is 1.22. The molecule has 1 saturated heterocycles. The second kappa shape index (κ2) is 6.52. The van der Waals surface area contributed by atoms with Crippen molar-refractivity contribution in [1.29, 1.82) is 0 Å². The van der Waals surface area contributed by atoms with Crippen LogP contribution in [0.1, 0.15) is 25.7 Å². The van der Waals surface area contributed by atoms with Gasteiger partial charge in [0.2, 0.25) is 0 Å². The minimum Gasteiger partial charge on any atom is -0.360 e. The van der Waals surface area contributed by atoms with Crippen LogP contribution in [-0.4, -0.2) is 44.7 Å². The number of hydrogen-bond acceptors (Lipinski definition) is 2. The fourth-order valence-electron chi connectivity index (χ4n) is 4.80. The summed E-state index contributed by atoms with van der Waals surface area (Å²) in [7, 11) is 0. The van der Waals surface area contributed by atoms with Crippen LogP contribution in [-0.2, 0) is 4.79 Å². The monoisotopic (exact) mass is 314 g/mol. The normalized spacial score (nSPS) is 30.6. The summed E-state index contributed by atoms with van der Waals surface area (Å²) in [5.74, 6) is 1.94. The third kappa shape index (κ3) is 3.37. The van der Waals surface area contributed by atoms with Gasteiger partial charge in [0.05, 0.1) is 26.2 Å². The summed E-state index contributed by atoms with van der Waals surface area (Å²) in [4.78, 5) is 16.2. The molecule has 0 aromatic heterocycles. The molecule has 4 rings (SSSR count). The molecule has 0 radical (unpaired) electrons. The van der Waals surface area contributed by atoms with E-state index in [1.807, 2.05) is 0 Å². The lowest BCUT2D eigenvalue weighted by molar-refractivity contribution is -0.892. The molecule has 1 amide bonds. The van der Waals surface area contributed by atoms with Gasteiger partial charge in [0, 0.05) is 11.7 Å². The Morgan fingerprint density at radius 1 is 1.13 bits per heavy atom. The maximum Gasteiger partial charge on any atom is 0.275 e. The van der Waals surface area contributed by atoms with E-state index in [-0.39, 0.29) is 5.91 Å². The SMILES string of the molecule is O=C(C[NH+]1CCN(c2ccccc2)CC1)N[C@H]1C[C@@H]2CC[C@H]1C2. The molecular weight excluding hydrogens is 286 g/mol. The number of piperazine rings is 1. The molecular formula is C19H28N3O+. The molecule has 0 spiro atoms. The van der Waals surface area contributed by atoms with E-state index in [1.54, 1.807) is 0 Å². The molecule has 4 nitrogen and oxygen atoms in total. The van der Waals surface area contributed by atoms with Gasteiger partial charge in [-0.2, -0.15) is 0 Å². The van der Waals surface area contributed by atoms with Crippen molar-refractivity contribution in [2.24, 2.45) is 11.8 Å². The van der Waals surface area contributed by atoms with Gasteiger partial charge >= 0.3 is 0 Å². The number of nitrogens with one attached hydrogen (secondary N) is 2. The number of rotatable bonds is 4. The topological polar surface area (TPSA) is 36.8 Å². The van der Waals surface area contributed by atoms with E-state index in [0.717, 1.165) is 38.0 Å². The maximum atomic E-state index is 12.3. The zero-order valence-corrected chi connectivity index (χ0v) is 13.8. The molecule has 23 heavy (non-hydrogen) atoms. The molecule has 3 fully saturated rings. The van der Waals surface area contributed by atoms with E-state index >= 15 is 0 Å². The summed E-state index contributed by atoms with van der Waals surface area (Å²) in [6, 6.07) is 11.1. The number of para-hydroxylation sites is 1. The molecule has 2 saturated carbocycles. The number of carbonyl (C=O) groups is 1. The smallest absolute Gasteiger partial charge is 0.275 e. The molecule has 1 aromatic carbocycles. The third-order valence-corrected chi connectivity index (χ3v) is 6.09. The first kappa shape index (κ1) is 15.0. The van der Waals surface area contributed by atoms with Crippen molar-refractivity contribution < 1.29 is 9.69 Å². The van der Waals surface area contributed by atoms with Crippen LogP contribution in [0.2, 0.25) is 0 Å². The molecule has 3 aliphatic rings. The largest absolute Gasteiger partial charge is 0.360 e. The zero-order valence-electron chi connectivity index (χ0n) is 13.8. The van der Waals surface area contributed by atoms with Crippen LogP contribution < -0.4 is 15.1 Å². The van der Waals surface area contributed by atoms with E-state index < -0.39 is 0 Å². The highest BCUT2D eigenvalue weighted by molar-refractivity contribution is 5.77. The van der Waals surface area contributed by atoms with Gasteiger partial charge in [-0.05, 0) is 43.2 Å². The second-order valence-corrected chi connectivity index (χ2v) is 7.60. The number of nitrogens with zero attached hydrogens (tertiary/aromatic N) is 1. The Morgan fingerprint density at radius 2 is 1.91 bits per heavy atom. The Bertz CT molecular complexity index is 539. The zero-order chi connectivity index (χ0) is 15.6. The van der Waals surface area contributed by atoms with Crippen molar-refractivity contribution in [1.82, 2.24) is 5.32 Å². The van der Waals surface area contributed by atoms with Crippen molar-refractivity contribution in [3.8, 4) is 0 Å². The van der Waals surface area contributed by atoms with E-state index in [1.165, 1.54) is 36.3 Å². The van der Waals surface area contributed by atoms with E-state index in [9.17, 15) is 4.79 Å². The van der Waals surface area contributed by atoms with Crippen LogP contribution in [0.5, 0.6) is 0 Å². The highest BCUT2D eigenvalue weighted by atomic mass is 16.2. The Kier molecular flexibility index (Phi) is 4.25. The van der Waals surface area contributed by atoms with Gasteiger partial charge in [-0.1, -0.05) is 24.6 Å². The fraction of sp³-hybridized carbons (Fsp3) is 0.632. The number of benzene rings is 1. The highest BCUT2D eigenvalue weighted by Crippen LogP contribution is 2.44. The van der Waals surface area contributed by atoms with Crippen LogP contribution in [0.25, 0.3) is 0 Å². The van der Waals surface area contributed by atoms with Crippen molar-refractivity contribution in [2.75, 3.05) is 37.6 Å². The quantitative estimate of drug-likeness (QED) is 0.858. The van der Waals surface area contributed by atoms with Crippen molar-refractivity contribution >= 4 is 11.6 Å². The van der Waals surface area contributed by atoms with Gasteiger partial charge in [0.25, 0.3) is 5.91 Å². The Labute approximate surface area is 138 Å². The molecule has 124 valence electrons. The second-order valence-electron chi connectivity index (χ2n) is 7.60. The first-order valence-electron chi connectivity index (χ1n) is 9.21. The molecule has 1 aliphatic heterocycles. The van der Waals surface area contributed by atoms with Gasteiger partial charge in [-0.3, -0.25) is 4.79 Å².